The normalized spacial score (nSPS) is 20.1. The lowest BCUT2D eigenvalue weighted by Gasteiger charge is -2.39. The number of hydrogen-bond donors (Lipinski definition) is 1. The number of pyridine rings is 1. The third-order valence-electron chi connectivity index (χ3n) is 4.55. The number of benzene rings is 1. The molecule has 2 unspecified atom stereocenters. The van der Waals surface area contributed by atoms with Crippen LogP contribution in [0.4, 0.5) is 0 Å². The number of aliphatic carboxylic acids is 1. The number of piperidine rings is 1. The summed E-state index contributed by atoms with van der Waals surface area (Å²) in [5, 5.41) is 9.64. The zero-order chi connectivity index (χ0) is 16.2. The predicted octanol–water partition coefficient (Wildman–Crippen LogP) is 3.42. The third kappa shape index (κ3) is 3.42. The number of carboxylic acids is 1. The predicted molar refractivity (Wildman–Crippen MR) is 89.2 cm³/mol. The summed E-state index contributed by atoms with van der Waals surface area (Å²) in [7, 11) is 0. The highest BCUT2D eigenvalue weighted by molar-refractivity contribution is 5.73. The molecule has 1 aromatic heterocycles. The molecule has 0 radical (unpaired) electrons. The second-order valence-electron chi connectivity index (χ2n) is 6.19. The van der Waals surface area contributed by atoms with Crippen molar-refractivity contribution in [1.82, 2.24) is 9.88 Å². The Balaban J connectivity index is 2.04. The van der Waals surface area contributed by atoms with Gasteiger partial charge >= 0.3 is 5.97 Å². The molecule has 2 atom stereocenters. The van der Waals surface area contributed by atoms with Crippen LogP contribution >= 0.6 is 0 Å². The van der Waals surface area contributed by atoms with E-state index in [0.717, 1.165) is 30.5 Å². The Kier molecular flexibility index (Phi) is 4.72. The average molecular weight is 310 g/mol. The van der Waals surface area contributed by atoms with Crippen LogP contribution in [0.25, 0.3) is 0 Å². The van der Waals surface area contributed by atoms with Gasteiger partial charge in [-0.2, -0.15) is 0 Å². The van der Waals surface area contributed by atoms with Crippen LogP contribution < -0.4 is 0 Å². The molecule has 0 saturated carbocycles. The van der Waals surface area contributed by atoms with E-state index in [9.17, 15) is 9.90 Å². The van der Waals surface area contributed by atoms with Gasteiger partial charge in [-0.15, -0.1) is 0 Å². The van der Waals surface area contributed by atoms with E-state index in [1.165, 1.54) is 5.56 Å². The Morgan fingerprint density at radius 2 is 2.00 bits per heavy atom. The second-order valence-corrected chi connectivity index (χ2v) is 6.19. The van der Waals surface area contributed by atoms with E-state index < -0.39 is 12.0 Å². The summed E-state index contributed by atoms with van der Waals surface area (Å²) in [6, 6.07) is 11.8. The highest BCUT2D eigenvalue weighted by atomic mass is 16.4. The van der Waals surface area contributed by atoms with Gasteiger partial charge in [0.1, 0.15) is 6.04 Å². The molecule has 1 fully saturated rings. The van der Waals surface area contributed by atoms with Crippen LogP contribution in [0.1, 0.15) is 42.0 Å². The lowest BCUT2D eigenvalue weighted by Crippen LogP contribution is -2.46. The largest absolute Gasteiger partial charge is 0.480 e. The van der Waals surface area contributed by atoms with E-state index in [4.69, 9.17) is 0 Å². The molecule has 0 amide bonds. The highest BCUT2D eigenvalue weighted by Crippen LogP contribution is 2.33. The fourth-order valence-corrected chi connectivity index (χ4v) is 3.39. The molecule has 4 nitrogen and oxygen atoms in total. The van der Waals surface area contributed by atoms with Crippen molar-refractivity contribution in [3.63, 3.8) is 0 Å². The molecule has 0 bridgehead atoms. The zero-order valence-corrected chi connectivity index (χ0v) is 13.4. The van der Waals surface area contributed by atoms with Gasteiger partial charge in [-0.05, 0) is 43.5 Å². The van der Waals surface area contributed by atoms with Crippen LogP contribution in [0.15, 0.2) is 48.8 Å². The van der Waals surface area contributed by atoms with E-state index in [2.05, 4.69) is 41.1 Å². The molecule has 1 aliphatic rings. The maximum atomic E-state index is 11.7. The maximum absolute atomic E-state index is 11.7. The van der Waals surface area contributed by atoms with Crippen LogP contribution in [0.3, 0.4) is 0 Å². The molecular formula is C19H22N2O2. The lowest BCUT2D eigenvalue weighted by atomic mass is 9.92. The van der Waals surface area contributed by atoms with E-state index in [0.29, 0.717) is 6.42 Å². The van der Waals surface area contributed by atoms with Crippen LogP contribution in [0.5, 0.6) is 0 Å². The van der Waals surface area contributed by atoms with Crippen LogP contribution in [0.2, 0.25) is 0 Å². The number of likely N-dealkylation sites (tertiary alicyclic amines) is 1. The van der Waals surface area contributed by atoms with Crippen molar-refractivity contribution in [2.75, 3.05) is 6.54 Å². The topological polar surface area (TPSA) is 53.4 Å². The fourth-order valence-electron chi connectivity index (χ4n) is 3.39. The van der Waals surface area contributed by atoms with Gasteiger partial charge in [0.2, 0.25) is 0 Å². The SMILES string of the molecule is Cc1ccc(C(c2cccnc2)N2CCCCC2C(=O)O)cc1. The number of rotatable bonds is 4. The van der Waals surface area contributed by atoms with Gasteiger partial charge in [-0.25, -0.2) is 0 Å². The van der Waals surface area contributed by atoms with Gasteiger partial charge in [0.25, 0.3) is 0 Å². The molecule has 1 N–H and O–H groups in total. The summed E-state index contributed by atoms with van der Waals surface area (Å²) < 4.78 is 0. The van der Waals surface area contributed by atoms with Crippen molar-refractivity contribution in [3.05, 3.63) is 65.5 Å². The molecule has 2 heterocycles. The minimum Gasteiger partial charge on any atom is -0.480 e. The average Bonchev–Trinajstić information content (AvgIpc) is 2.58. The van der Waals surface area contributed by atoms with Crippen molar-refractivity contribution in [2.24, 2.45) is 0 Å². The molecule has 2 aromatic rings. The van der Waals surface area contributed by atoms with Crippen LogP contribution in [0, 0.1) is 6.92 Å². The van der Waals surface area contributed by atoms with Crippen LogP contribution in [-0.2, 0) is 4.79 Å². The van der Waals surface area contributed by atoms with Gasteiger partial charge in [-0.3, -0.25) is 14.7 Å². The van der Waals surface area contributed by atoms with Crippen molar-refractivity contribution in [2.45, 2.75) is 38.3 Å². The summed E-state index contributed by atoms with van der Waals surface area (Å²) in [6.07, 6.45) is 6.31. The number of aromatic nitrogens is 1. The van der Waals surface area contributed by atoms with Crippen LogP contribution in [-0.4, -0.2) is 33.5 Å². The Morgan fingerprint density at radius 1 is 1.22 bits per heavy atom. The van der Waals surface area contributed by atoms with E-state index in [-0.39, 0.29) is 6.04 Å². The quantitative estimate of drug-likeness (QED) is 0.940. The molecule has 1 aromatic carbocycles. The summed E-state index contributed by atoms with van der Waals surface area (Å²) >= 11 is 0. The second kappa shape index (κ2) is 6.92. The van der Waals surface area contributed by atoms with Crippen molar-refractivity contribution in [1.29, 1.82) is 0 Å². The van der Waals surface area contributed by atoms with Crippen molar-refractivity contribution < 1.29 is 9.90 Å². The van der Waals surface area contributed by atoms with Crippen molar-refractivity contribution >= 4 is 5.97 Å². The number of carboxylic acid groups (broad SMARTS) is 1. The number of carbonyl (C=O) groups is 1. The number of hydrogen-bond acceptors (Lipinski definition) is 3. The highest BCUT2D eigenvalue weighted by Gasteiger charge is 2.35. The molecule has 0 spiro atoms. The molecule has 3 rings (SSSR count). The first kappa shape index (κ1) is 15.7. The third-order valence-corrected chi connectivity index (χ3v) is 4.55. The molecule has 4 heteroatoms. The van der Waals surface area contributed by atoms with Crippen molar-refractivity contribution in [3.8, 4) is 0 Å². The Morgan fingerprint density at radius 3 is 2.65 bits per heavy atom. The summed E-state index contributed by atoms with van der Waals surface area (Å²) in [6.45, 7) is 2.86. The lowest BCUT2D eigenvalue weighted by molar-refractivity contribution is -0.145. The van der Waals surface area contributed by atoms with E-state index >= 15 is 0 Å². The number of nitrogens with zero attached hydrogens (tertiary/aromatic N) is 2. The molecule has 0 aliphatic carbocycles. The number of aryl methyl sites for hydroxylation is 1. The molecule has 120 valence electrons. The smallest absolute Gasteiger partial charge is 0.320 e. The van der Waals surface area contributed by atoms with E-state index in [1.54, 1.807) is 6.20 Å². The zero-order valence-electron chi connectivity index (χ0n) is 13.4. The molecule has 23 heavy (non-hydrogen) atoms. The summed E-state index contributed by atoms with van der Waals surface area (Å²) in [5.74, 6) is -0.731. The minimum absolute atomic E-state index is 0.0642. The summed E-state index contributed by atoms with van der Waals surface area (Å²) in [4.78, 5) is 18.1. The standard InChI is InChI=1S/C19H22N2O2/c1-14-7-9-15(10-8-14)18(16-5-4-11-20-13-16)21-12-3-2-6-17(21)19(22)23/h4-5,7-11,13,17-18H,2-3,6,12H2,1H3,(H,22,23). The minimum atomic E-state index is -0.731. The Labute approximate surface area is 136 Å². The first-order valence-corrected chi connectivity index (χ1v) is 8.12. The molecule has 1 saturated heterocycles. The fraction of sp³-hybridized carbons (Fsp3) is 0.368. The Hall–Kier alpha value is -2.20. The molecule has 1 aliphatic heterocycles. The van der Waals surface area contributed by atoms with Gasteiger partial charge in [0.05, 0.1) is 6.04 Å². The van der Waals surface area contributed by atoms with Gasteiger partial charge in [-0.1, -0.05) is 42.3 Å². The Bertz CT molecular complexity index is 655. The van der Waals surface area contributed by atoms with Gasteiger partial charge < -0.3 is 5.11 Å². The first-order valence-electron chi connectivity index (χ1n) is 8.12. The maximum Gasteiger partial charge on any atom is 0.320 e. The van der Waals surface area contributed by atoms with E-state index in [1.807, 2.05) is 18.3 Å². The van der Waals surface area contributed by atoms with Gasteiger partial charge in [0, 0.05) is 12.4 Å². The molecular weight excluding hydrogens is 288 g/mol. The monoisotopic (exact) mass is 310 g/mol. The van der Waals surface area contributed by atoms with Gasteiger partial charge in [0.15, 0.2) is 0 Å². The summed E-state index contributed by atoms with van der Waals surface area (Å²) in [5.41, 5.74) is 3.37. The first-order chi connectivity index (χ1) is 11.2.